The Labute approximate surface area is 108 Å². The largest absolute Gasteiger partial charge is 0.370 e. The molecule has 1 rings (SSSR count). The standard InChI is InChI=1S/C13H22N2O3/c1-10(2)7-8-14-11(16)4-3-9-15-12(17)5-6-13(15)18/h5-6,10,12,17H,3-4,7-9H2,1-2H3,(H,14,16). The highest BCUT2D eigenvalue weighted by atomic mass is 16.3. The number of nitrogens with zero attached hydrogens (tertiary/aromatic N) is 1. The van der Waals surface area contributed by atoms with Crippen LogP contribution in [0.25, 0.3) is 0 Å². The van der Waals surface area contributed by atoms with E-state index in [2.05, 4.69) is 19.2 Å². The zero-order valence-electron chi connectivity index (χ0n) is 11.1. The topological polar surface area (TPSA) is 69.6 Å². The molecule has 0 aromatic carbocycles. The number of rotatable bonds is 7. The summed E-state index contributed by atoms with van der Waals surface area (Å²) in [5.74, 6) is 0.390. The Morgan fingerprint density at radius 1 is 1.56 bits per heavy atom. The molecule has 0 fully saturated rings. The molecule has 0 radical (unpaired) electrons. The van der Waals surface area contributed by atoms with Crippen LogP contribution in [-0.2, 0) is 9.59 Å². The summed E-state index contributed by atoms with van der Waals surface area (Å²) in [6.07, 6.45) is 3.89. The van der Waals surface area contributed by atoms with E-state index in [1.54, 1.807) is 0 Å². The van der Waals surface area contributed by atoms with E-state index in [0.717, 1.165) is 6.42 Å². The van der Waals surface area contributed by atoms with E-state index in [0.29, 0.717) is 31.8 Å². The van der Waals surface area contributed by atoms with Crippen LogP contribution < -0.4 is 5.32 Å². The number of amides is 2. The van der Waals surface area contributed by atoms with Crippen LogP contribution in [0.1, 0.15) is 33.1 Å². The lowest BCUT2D eigenvalue weighted by Crippen LogP contribution is -2.35. The van der Waals surface area contributed by atoms with Crippen molar-refractivity contribution in [1.29, 1.82) is 0 Å². The van der Waals surface area contributed by atoms with Gasteiger partial charge in [0.2, 0.25) is 11.8 Å². The van der Waals surface area contributed by atoms with Crippen molar-refractivity contribution in [3.63, 3.8) is 0 Å². The summed E-state index contributed by atoms with van der Waals surface area (Å²) in [4.78, 5) is 24.1. The molecule has 0 aliphatic carbocycles. The van der Waals surface area contributed by atoms with Crippen LogP contribution >= 0.6 is 0 Å². The third-order valence-corrected chi connectivity index (χ3v) is 2.86. The molecule has 0 spiro atoms. The van der Waals surface area contributed by atoms with Gasteiger partial charge in [0.05, 0.1) is 0 Å². The first-order chi connectivity index (χ1) is 8.50. The van der Waals surface area contributed by atoms with Gasteiger partial charge in [-0.05, 0) is 24.8 Å². The average molecular weight is 254 g/mol. The fourth-order valence-electron chi connectivity index (χ4n) is 1.74. The molecule has 1 aliphatic rings. The average Bonchev–Trinajstić information content (AvgIpc) is 2.60. The first-order valence-corrected chi connectivity index (χ1v) is 6.44. The van der Waals surface area contributed by atoms with E-state index < -0.39 is 6.23 Å². The molecule has 0 saturated heterocycles. The van der Waals surface area contributed by atoms with Crippen LogP contribution in [0, 0.1) is 5.92 Å². The van der Waals surface area contributed by atoms with Gasteiger partial charge >= 0.3 is 0 Å². The van der Waals surface area contributed by atoms with Crippen molar-refractivity contribution in [2.45, 2.75) is 39.3 Å². The number of carbonyl (C=O) groups excluding carboxylic acids is 2. The Balaban J connectivity index is 2.10. The number of hydrogen-bond acceptors (Lipinski definition) is 3. The molecular weight excluding hydrogens is 232 g/mol. The van der Waals surface area contributed by atoms with Gasteiger partial charge in [-0.15, -0.1) is 0 Å². The van der Waals surface area contributed by atoms with Crippen LogP contribution in [0.5, 0.6) is 0 Å². The number of aliphatic hydroxyl groups is 1. The van der Waals surface area contributed by atoms with Crippen molar-refractivity contribution >= 4 is 11.8 Å². The third kappa shape index (κ3) is 4.87. The molecule has 1 atom stereocenters. The summed E-state index contributed by atoms with van der Waals surface area (Å²) >= 11 is 0. The van der Waals surface area contributed by atoms with Crippen molar-refractivity contribution in [3.05, 3.63) is 12.2 Å². The number of hydrogen-bond donors (Lipinski definition) is 2. The van der Waals surface area contributed by atoms with Gasteiger partial charge in [-0.2, -0.15) is 0 Å². The first kappa shape index (κ1) is 14.7. The molecule has 2 amide bonds. The normalized spacial score (nSPS) is 18.8. The van der Waals surface area contributed by atoms with Gasteiger partial charge in [0.25, 0.3) is 0 Å². The van der Waals surface area contributed by atoms with E-state index in [9.17, 15) is 14.7 Å². The summed E-state index contributed by atoms with van der Waals surface area (Å²) < 4.78 is 0. The van der Waals surface area contributed by atoms with Crippen LogP contribution in [0.2, 0.25) is 0 Å². The molecule has 2 N–H and O–H groups in total. The number of aliphatic hydroxyl groups excluding tert-OH is 1. The molecule has 1 unspecified atom stereocenters. The lowest BCUT2D eigenvalue weighted by molar-refractivity contribution is -0.131. The number of nitrogens with one attached hydrogen (secondary N) is 1. The second-order valence-corrected chi connectivity index (χ2v) is 4.94. The van der Waals surface area contributed by atoms with Crippen LogP contribution in [0.15, 0.2) is 12.2 Å². The van der Waals surface area contributed by atoms with Crippen LogP contribution in [-0.4, -0.2) is 41.1 Å². The second kappa shape index (κ2) is 7.16. The molecule has 5 heteroatoms. The Bertz CT molecular complexity index is 326. The van der Waals surface area contributed by atoms with Gasteiger partial charge in [0.15, 0.2) is 0 Å². The fraction of sp³-hybridized carbons (Fsp3) is 0.692. The molecule has 1 aliphatic heterocycles. The Morgan fingerprint density at radius 2 is 2.28 bits per heavy atom. The molecule has 1 heterocycles. The van der Waals surface area contributed by atoms with E-state index in [-0.39, 0.29) is 11.8 Å². The molecular formula is C13H22N2O3. The van der Waals surface area contributed by atoms with Gasteiger partial charge in [-0.25, -0.2) is 0 Å². The summed E-state index contributed by atoms with van der Waals surface area (Å²) in [5.41, 5.74) is 0. The Hall–Kier alpha value is -1.36. The van der Waals surface area contributed by atoms with Crippen molar-refractivity contribution in [2.24, 2.45) is 5.92 Å². The molecule has 0 saturated carbocycles. The predicted octanol–water partition coefficient (Wildman–Crippen LogP) is 0.646. The minimum Gasteiger partial charge on any atom is -0.370 e. The van der Waals surface area contributed by atoms with Gasteiger partial charge in [-0.1, -0.05) is 13.8 Å². The summed E-state index contributed by atoms with van der Waals surface area (Å²) in [5, 5.41) is 12.3. The lowest BCUT2D eigenvalue weighted by Gasteiger charge is -2.19. The maximum atomic E-state index is 11.5. The molecule has 18 heavy (non-hydrogen) atoms. The highest BCUT2D eigenvalue weighted by Gasteiger charge is 2.22. The zero-order valence-corrected chi connectivity index (χ0v) is 11.1. The van der Waals surface area contributed by atoms with Crippen molar-refractivity contribution in [3.8, 4) is 0 Å². The fourth-order valence-corrected chi connectivity index (χ4v) is 1.74. The van der Waals surface area contributed by atoms with Crippen molar-refractivity contribution < 1.29 is 14.7 Å². The maximum absolute atomic E-state index is 11.5. The maximum Gasteiger partial charge on any atom is 0.248 e. The van der Waals surface area contributed by atoms with Gasteiger partial charge < -0.3 is 15.3 Å². The Morgan fingerprint density at radius 3 is 2.83 bits per heavy atom. The Kier molecular flexibility index (Phi) is 5.85. The van der Waals surface area contributed by atoms with Gasteiger partial charge in [0.1, 0.15) is 6.23 Å². The van der Waals surface area contributed by atoms with Crippen molar-refractivity contribution in [2.75, 3.05) is 13.1 Å². The third-order valence-electron chi connectivity index (χ3n) is 2.86. The molecule has 0 bridgehead atoms. The molecule has 5 nitrogen and oxygen atoms in total. The lowest BCUT2D eigenvalue weighted by atomic mass is 10.1. The molecule has 0 aromatic rings. The van der Waals surface area contributed by atoms with E-state index in [4.69, 9.17) is 0 Å². The SMILES string of the molecule is CC(C)CCNC(=O)CCCN1C(=O)C=CC1O. The highest BCUT2D eigenvalue weighted by Crippen LogP contribution is 2.09. The summed E-state index contributed by atoms with van der Waals surface area (Å²) in [7, 11) is 0. The zero-order chi connectivity index (χ0) is 13.5. The van der Waals surface area contributed by atoms with E-state index >= 15 is 0 Å². The first-order valence-electron chi connectivity index (χ1n) is 6.44. The van der Waals surface area contributed by atoms with E-state index in [1.165, 1.54) is 17.1 Å². The smallest absolute Gasteiger partial charge is 0.248 e. The minimum atomic E-state index is -0.832. The second-order valence-electron chi connectivity index (χ2n) is 4.94. The predicted molar refractivity (Wildman–Crippen MR) is 68.6 cm³/mol. The minimum absolute atomic E-state index is 0.00439. The quantitative estimate of drug-likeness (QED) is 0.700. The van der Waals surface area contributed by atoms with E-state index in [1.807, 2.05) is 0 Å². The molecule has 0 aromatic heterocycles. The van der Waals surface area contributed by atoms with Gasteiger partial charge in [0, 0.05) is 25.6 Å². The number of carbonyl (C=O) groups is 2. The highest BCUT2D eigenvalue weighted by molar-refractivity contribution is 5.90. The summed E-state index contributed by atoms with van der Waals surface area (Å²) in [6, 6.07) is 0. The monoisotopic (exact) mass is 254 g/mol. The summed E-state index contributed by atoms with van der Waals surface area (Å²) in [6.45, 7) is 5.33. The van der Waals surface area contributed by atoms with Crippen LogP contribution in [0.3, 0.4) is 0 Å². The van der Waals surface area contributed by atoms with Crippen molar-refractivity contribution in [1.82, 2.24) is 10.2 Å². The molecule has 102 valence electrons. The van der Waals surface area contributed by atoms with Gasteiger partial charge in [-0.3, -0.25) is 9.59 Å². The van der Waals surface area contributed by atoms with Crippen LogP contribution in [0.4, 0.5) is 0 Å².